The van der Waals surface area contributed by atoms with Crippen molar-refractivity contribution in [2.45, 2.75) is 26.4 Å². The number of nitrogens with zero attached hydrogens (tertiary/aromatic N) is 4. The number of benzene rings is 1. The molecular weight excluding hydrogens is 314 g/mol. The molecule has 1 fully saturated rings. The number of piperazine rings is 1. The van der Waals surface area contributed by atoms with Gasteiger partial charge in [0.25, 0.3) is 0 Å². The zero-order valence-electron chi connectivity index (χ0n) is 14.4. The van der Waals surface area contributed by atoms with Gasteiger partial charge in [0.1, 0.15) is 6.04 Å². The molecule has 25 heavy (non-hydrogen) atoms. The van der Waals surface area contributed by atoms with Crippen molar-refractivity contribution in [3.05, 3.63) is 65.2 Å². The molecule has 1 N–H and O–H groups in total. The van der Waals surface area contributed by atoms with Crippen LogP contribution in [0.4, 0.5) is 0 Å². The Balaban J connectivity index is 1.66. The van der Waals surface area contributed by atoms with Crippen molar-refractivity contribution in [1.29, 1.82) is 0 Å². The van der Waals surface area contributed by atoms with Gasteiger partial charge in [-0.2, -0.15) is 0 Å². The summed E-state index contributed by atoms with van der Waals surface area (Å²) in [6.45, 7) is 6.10. The summed E-state index contributed by atoms with van der Waals surface area (Å²) >= 11 is 0. The molecule has 1 amide bonds. The molecule has 1 aliphatic rings. The fraction of sp³-hybridized carbons (Fsp3) is 0.316. The van der Waals surface area contributed by atoms with Gasteiger partial charge in [-0.05, 0) is 25.5 Å². The number of fused-ring (bicyclic) bond motifs is 1. The molecular formula is C19H21N5O. The van der Waals surface area contributed by atoms with Gasteiger partial charge in [-0.25, -0.2) is 9.97 Å². The number of aromatic nitrogens is 3. The number of amides is 1. The van der Waals surface area contributed by atoms with E-state index in [1.807, 2.05) is 60.8 Å². The summed E-state index contributed by atoms with van der Waals surface area (Å²) < 4.78 is 2.00. The molecule has 0 aliphatic carbocycles. The van der Waals surface area contributed by atoms with Gasteiger partial charge in [-0.3, -0.25) is 14.1 Å². The van der Waals surface area contributed by atoms with Crippen LogP contribution < -0.4 is 5.32 Å². The van der Waals surface area contributed by atoms with Crippen LogP contribution in [0.3, 0.4) is 0 Å². The van der Waals surface area contributed by atoms with Crippen LogP contribution in [-0.2, 0) is 11.3 Å². The Morgan fingerprint density at radius 2 is 2.00 bits per heavy atom. The second-order valence-electron chi connectivity index (χ2n) is 6.52. The highest BCUT2D eigenvalue weighted by atomic mass is 16.2. The first-order valence-electron chi connectivity index (χ1n) is 8.51. The number of carbonyl (C=O) groups excluding carboxylic acids is 1. The molecule has 6 nitrogen and oxygen atoms in total. The van der Waals surface area contributed by atoms with Crippen molar-refractivity contribution >= 4 is 11.7 Å². The minimum Gasteiger partial charge on any atom is -0.353 e. The molecule has 1 saturated heterocycles. The highest BCUT2D eigenvalue weighted by molar-refractivity contribution is 5.83. The normalized spacial score (nSPS) is 18.5. The summed E-state index contributed by atoms with van der Waals surface area (Å²) in [6, 6.07) is 11.7. The molecule has 3 aromatic rings. The lowest BCUT2D eigenvalue weighted by molar-refractivity contribution is -0.129. The number of rotatable bonds is 3. The fourth-order valence-electron chi connectivity index (χ4n) is 3.48. The Morgan fingerprint density at radius 1 is 1.20 bits per heavy atom. The van der Waals surface area contributed by atoms with E-state index in [9.17, 15) is 4.79 Å². The molecule has 2 aromatic heterocycles. The van der Waals surface area contributed by atoms with Crippen molar-refractivity contribution in [1.82, 2.24) is 24.6 Å². The summed E-state index contributed by atoms with van der Waals surface area (Å²) in [5, 5.41) is 2.97. The van der Waals surface area contributed by atoms with E-state index >= 15 is 0 Å². The molecule has 0 spiro atoms. The zero-order valence-corrected chi connectivity index (χ0v) is 14.4. The van der Waals surface area contributed by atoms with Gasteiger partial charge in [0.05, 0.1) is 5.69 Å². The molecule has 6 heteroatoms. The SMILES string of the molecule is Cc1cc(C)n2cc(CN3CCNC(=O)C3c3ccccc3)nc2n1. The molecule has 1 unspecified atom stereocenters. The second kappa shape index (κ2) is 6.29. The van der Waals surface area contributed by atoms with Gasteiger partial charge in [-0.15, -0.1) is 0 Å². The van der Waals surface area contributed by atoms with Gasteiger partial charge in [0.15, 0.2) is 0 Å². The highest BCUT2D eigenvalue weighted by Crippen LogP contribution is 2.25. The lowest BCUT2D eigenvalue weighted by Gasteiger charge is -2.34. The second-order valence-corrected chi connectivity index (χ2v) is 6.52. The van der Waals surface area contributed by atoms with E-state index in [1.54, 1.807) is 0 Å². The van der Waals surface area contributed by atoms with E-state index in [-0.39, 0.29) is 11.9 Å². The Bertz CT molecular complexity index is 918. The highest BCUT2D eigenvalue weighted by Gasteiger charge is 2.31. The van der Waals surface area contributed by atoms with Crippen LogP contribution in [0.15, 0.2) is 42.6 Å². The maximum Gasteiger partial charge on any atom is 0.242 e. The largest absolute Gasteiger partial charge is 0.353 e. The Labute approximate surface area is 146 Å². The van der Waals surface area contributed by atoms with Crippen molar-refractivity contribution in [2.24, 2.45) is 0 Å². The molecule has 1 aromatic carbocycles. The molecule has 1 aliphatic heterocycles. The standard InChI is InChI=1S/C19H21N5O/c1-13-10-14(2)24-12-16(22-19(24)21-13)11-23-9-8-20-18(25)17(23)15-6-4-3-5-7-15/h3-7,10,12,17H,8-9,11H2,1-2H3,(H,20,25). The van der Waals surface area contributed by atoms with E-state index in [0.717, 1.165) is 29.2 Å². The average Bonchev–Trinajstić information content (AvgIpc) is 2.98. The van der Waals surface area contributed by atoms with Crippen LogP contribution in [0.1, 0.15) is 28.7 Å². The lowest BCUT2D eigenvalue weighted by atomic mass is 10.0. The van der Waals surface area contributed by atoms with E-state index in [2.05, 4.69) is 20.2 Å². The molecule has 0 bridgehead atoms. The summed E-state index contributed by atoms with van der Waals surface area (Å²) in [4.78, 5) is 23.8. The number of carbonyl (C=O) groups is 1. The van der Waals surface area contributed by atoms with Gasteiger partial charge in [-0.1, -0.05) is 30.3 Å². The molecule has 0 saturated carbocycles. The van der Waals surface area contributed by atoms with Crippen molar-refractivity contribution in [3.63, 3.8) is 0 Å². The molecule has 0 radical (unpaired) electrons. The topological polar surface area (TPSA) is 62.5 Å². The zero-order chi connectivity index (χ0) is 17.4. The first-order valence-corrected chi connectivity index (χ1v) is 8.51. The summed E-state index contributed by atoms with van der Waals surface area (Å²) in [5.74, 6) is 0.761. The van der Waals surface area contributed by atoms with Gasteiger partial charge in [0, 0.05) is 37.2 Å². The first kappa shape index (κ1) is 15.8. The molecule has 128 valence electrons. The fourth-order valence-corrected chi connectivity index (χ4v) is 3.48. The predicted molar refractivity (Wildman–Crippen MR) is 95.1 cm³/mol. The molecule has 3 heterocycles. The summed E-state index contributed by atoms with van der Waals surface area (Å²) in [7, 11) is 0. The maximum absolute atomic E-state index is 12.5. The smallest absolute Gasteiger partial charge is 0.242 e. The van der Waals surface area contributed by atoms with Crippen LogP contribution in [0.2, 0.25) is 0 Å². The Hall–Kier alpha value is -2.73. The van der Waals surface area contributed by atoms with Crippen LogP contribution in [0.5, 0.6) is 0 Å². The van der Waals surface area contributed by atoms with Gasteiger partial charge < -0.3 is 5.32 Å². The van der Waals surface area contributed by atoms with Crippen molar-refractivity contribution in [2.75, 3.05) is 13.1 Å². The molecule has 1 atom stereocenters. The first-order chi connectivity index (χ1) is 12.1. The van der Waals surface area contributed by atoms with E-state index < -0.39 is 0 Å². The van der Waals surface area contributed by atoms with E-state index in [4.69, 9.17) is 0 Å². The van der Waals surface area contributed by atoms with Crippen LogP contribution in [0.25, 0.3) is 5.78 Å². The third-order valence-electron chi connectivity index (χ3n) is 4.60. The number of nitrogens with one attached hydrogen (secondary N) is 1. The Kier molecular flexibility index (Phi) is 3.97. The number of aryl methyl sites for hydroxylation is 2. The van der Waals surface area contributed by atoms with Gasteiger partial charge >= 0.3 is 0 Å². The monoisotopic (exact) mass is 335 g/mol. The predicted octanol–water partition coefficient (Wildman–Crippen LogP) is 2.02. The van der Waals surface area contributed by atoms with Crippen LogP contribution in [0, 0.1) is 13.8 Å². The quantitative estimate of drug-likeness (QED) is 0.795. The summed E-state index contributed by atoms with van der Waals surface area (Å²) in [6.07, 6.45) is 2.02. The average molecular weight is 335 g/mol. The van der Waals surface area contributed by atoms with Gasteiger partial charge in [0.2, 0.25) is 11.7 Å². The number of hydrogen-bond acceptors (Lipinski definition) is 4. The number of hydrogen-bond donors (Lipinski definition) is 1. The van der Waals surface area contributed by atoms with E-state index in [0.29, 0.717) is 18.9 Å². The number of imidazole rings is 1. The van der Waals surface area contributed by atoms with Crippen LogP contribution >= 0.6 is 0 Å². The molecule has 4 rings (SSSR count). The van der Waals surface area contributed by atoms with Crippen molar-refractivity contribution < 1.29 is 4.79 Å². The third-order valence-corrected chi connectivity index (χ3v) is 4.60. The lowest BCUT2D eigenvalue weighted by Crippen LogP contribution is -2.49. The maximum atomic E-state index is 12.5. The third kappa shape index (κ3) is 3.00. The Morgan fingerprint density at radius 3 is 2.80 bits per heavy atom. The minimum absolute atomic E-state index is 0.0476. The van der Waals surface area contributed by atoms with Crippen LogP contribution in [-0.4, -0.2) is 38.3 Å². The summed E-state index contributed by atoms with van der Waals surface area (Å²) in [5.41, 5.74) is 4.00. The van der Waals surface area contributed by atoms with Crippen molar-refractivity contribution in [3.8, 4) is 0 Å². The van der Waals surface area contributed by atoms with E-state index in [1.165, 1.54) is 0 Å². The minimum atomic E-state index is -0.282.